The monoisotopic (exact) mass is 470 g/mol. The number of carbonyl (C=O) groups excluding carboxylic acids is 2. The van der Waals surface area contributed by atoms with Gasteiger partial charge in [-0.15, -0.1) is 0 Å². The van der Waals surface area contributed by atoms with Gasteiger partial charge in [-0.05, 0) is 25.7 Å². The third-order valence-corrected chi connectivity index (χ3v) is 4.74. The second-order valence-corrected chi connectivity index (χ2v) is 7.44. The maximum absolute atomic E-state index is 11.5. The van der Waals surface area contributed by atoms with E-state index in [4.69, 9.17) is 9.47 Å². The van der Waals surface area contributed by atoms with Crippen LogP contribution in [0.15, 0.2) is 0 Å². The molecule has 0 rings (SSSR count). The average Bonchev–Trinajstić information content (AvgIpc) is 2.58. The highest BCUT2D eigenvalue weighted by molar-refractivity contribution is 9.09. The molecule has 0 radical (unpaired) electrons. The first-order chi connectivity index (χ1) is 11.7. The Morgan fingerprint density at radius 1 is 0.542 bits per heavy atom. The van der Waals surface area contributed by atoms with Crippen LogP contribution in [0.4, 0.5) is 0 Å². The van der Waals surface area contributed by atoms with Gasteiger partial charge in [0.25, 0.3) is 0 Å². The molecule has 0 aromatic heterocycles. The Hall–Kier alpha value is -0.100. The lowest BCUT2D eigenvalue weighted by Gasteiger charge is -2.06. The Labute approximate surface area is 163 Å². The van der Waals surface area contributed by atoms with Gasteiger partial charge in [0.1, 0.15) is 0 Å². The highest BCUT2D eigenvalue weighted by atomic mass is 79.9. The molecule has 0 unspecified atom stereocenters. The zero-order valence-electron chi connectivity index (χ0n) is 14.7. The van der Waals surface area contributed by atoms with Gasteiger partial charge in [-0.25, -0.2) is 0 Å². The fourth-order valence-electron chi connectivity index (χ4n) is 2.17. The summed E-state index contributed by atoms with van der Waals surface area (Å²) in [5.74, 6) is -0.607. The molecule has 0 aliphatic carbocycles. The summed E-state index contributed by atoms with van der Waals surface area (Å²) in [5, 5.41) is 2.10. The van der Waals surface area contributed by atoms with E-state index < -0.39 is 0 Å². The van der Waals surface area contributed by atoms with Crippen molar-refractivity contribution in [3.05, 3.63) is 0 Å². The van der Waals surface area contributed by atoms with Crippen LogP contribution in [0.5, 0.6) is 0 Å². The second kappa shape index (κ2) is 19.2. The van der Waals surface area contributed by atoms with Crippen molar-refractivity contribution in [1.29, 1.82) is 0 Å². The quantitative estimate of drug-likeness (QED) is 0.158. The Balaban J connectivity index is 3.34. The van der Waals surface area contributed by atoms with Gasteiger partial charge in [-0.3, -0.25) is 9.59 Å². The van der Waals surface area contributed by atoms with Crippen molar-refractivity contribution in [2.24, 2.45) is 0 Å². The highest BCUT2D eigenvalue weighted by Crippen LogP contribution is 2.06. The lowest BCUT2D eigenvalue weighted by molar-refractivity contribution is -0.150. The average molecular weight is 472 g/mol. The molecule has 0 aromatic carbocycles. The van der Waals surface area contributed by atoms with Crippen molar-refractivity contribution in [3.63, 3.8) is 0 Å². The van der Waals surface area contributed by atoms with Gasteiger partial charge < -0.3 is 9.47 Å². The number of carbonyl (C=O) groups is 2. The number of esters is 2. The Morgan fingerprint density at radius 2 is 0.875 bits per heavy atom. The predicted molar refractivity (Wildman–Crippen MR) is 105 cm³/mol. The van der Waals surface area contributed by atoms with E-state index in [0.717, 1.165) is 36.3 Å². The molecular weight excluding hydrogens is 440 g/mol. The Kier molecular flexibility index (Phi) is 19.1. The first-order valence-corrected chi connectivity index (χ1v) is 11.4. The van der Waals surface area contributed by atoms with E-state index in [1.807, 2.05) is 0 Å². The molecule has 24 heavy (non-hydrogen) atoms. The fraction of sp³-hybridized carbons (Fsp3) is 0.889. The molecule has 0 fully saturated rings. The molecule has 4 nitrogen and oxygen atoms in total. The first kappa shape index (κ1) is 23.9. The summed E-state index contributed by atoms with van der Waals surface area (Å²) in [6.07, 6.45) is 11.3. The molecule has 0 heterocycles. The highest BCUT2D eigenvalue weighted by Gasteiger charge is 2.08. The smallest absolute Gasteiger partial charge is 0.306 e. The Morgan fingerprint density at radius 3 is 1.25 bits per heavy atom. The predicted octanol–water partition coefficient (Wildman–Crippen LogP) is 5.54. The van der Waals surface area contributed by atoms with E-state index in [-0.39, 0.29) is 24.8 Å². The molecule has 0 aliphatic heterocycles. The minimum absolute atomic E-state index is 0.119. The van der Waals surface area contributed by atoms with E-state index in [9.17, 15) is 9.59 Å². The summed E-state index contributed by atoms with van der Waals surface area (Å²) < 4.78 is 10.2. The van der Waals surface area contributed by atoms with Crippen LogP contribution < -0.4 is 0 Å². The van der Waals surface area contributed by atoms with Crippen molar-refractivity contribution < 1.29 is 19.1 Å². The number of halogens is 2. The van der Waals surface area contributed by atoms with Crippen LogP contribution in [0.2, 0.25) is 0 Å². The maximum Gasteiger partial charge on any atom is 0.306 e. The van der Waals surface area contributed by atoms with E-state index in [0.29, 0.717) is 13.2 Å². The molecule has 0 bridgehead atoms. The molecule has 0 aromatic rings. The zero-order valence-corrected chi connectivity index (χ0v) is 17.9. The zero-order chi connectivity index (χ0) is 17.9. The molecule has 142 valence electrons. The van der Waals surface area contributed by atoms with Gasteiger partial charge in [0.15, 0.2) is 0 Å². The van der Waals surface area contributed by atoms with Crippen LogP contribution in [-0.4, -0.2) is 35.8 Å². The third kappa shape index (κ3) is 18.2. The van der Waals surface area contributed by atoms with Gasteiger partial charge >= 0.3 is 11.9 Å². The molecule has 0 N–H and O–H groups in total. The topological polar surface area (TPSA) is 52.6 Å². The summed E-state index contributed by atoms with van der Waals surface area (Å²) in [6.45, 7) is 0.910. The first-order valence-electron chi connectivity index (χ1n) is 9.14. The number of rotatable bonds is 17. The Bertz CT molecular complexity index is 281. The lowest BCUT2D eigenvalue weighted by Crippen LogP contribution is -2.11. The third-order valence-electron chi connectivity index (χ3n) is 3.62. The van der Waals surface area contributed by atoms with Crippen molar-refractivity contribution >= 4 is 43.8 Å². The van der Waals surface area contributed by atoms with Crippen LogP contribution in [0.3, 0.4) is 0 Å². The molecule has 0 aliphatic rings. The number of alkyl halides is 2. The molecule has 0 atom stereocenters. The van der Waals surface area contributed by atoms with E-state index in [2.05, 4.69) is 31.9 Å². The van der Waals surface area contributed by atoms with Crippen molar-refractivity contribution in [3.8, 4) is 0 Å². The van der Waals surface area contributed by atoms with E-state index in [1.54, 1.807) is 0 Å². The molecular formula is C18H32Br2O4. The normalized spacial score (nSPS) is 10.6. The molecule has 6 heteroatoms. The van der Waals surface area contributed by atoms with Gasteiger partial charge in [-0.2, -0.15) is 0 Å². The SMILES string of the molecule is O=C(CCC(=O)OCCCCCCCBr)OCCCCCCCBr. The summed E-state index contributed by atoms with van der Waals surface area (Å²) in [5.41, 5.74) is 0. The maximum atomic E-state index is 11.5. The largest absolute Gasteiger partial charge is 0.466 e. The van der Waals surface area contributed by atoms with Crippen LogP contribution in [-0.2, 0) is 19.1 Å². The van der Waals surface area contributed by atoms with Gasteiger partial charge in [-0.1, -0.05) is 70.4 Å². The minimum atomic E-state index is -0.304. The standard InChI is InChI=1S/C18H32Br2O4/c19-13-7-3-1-5-9-15-23-17(21)11-12-18(22)24-16-10-6-2-4-8-14-20/h1-16H2. The fourth-order valence-corrected chi connectivity index (χ4v) is 2.97. The molecule has 0 amide bonds. The summed E-state index contributed by atoms with van der Waals surface area (Å²) in [4.78, 5) is 23.0. The van der Waals surface area contributed by atoms with Crippen LogP contribution in [0.1, 0.15) is 77.0 Å². The van der Waals surface area contributed by atoms with Crippen LogP contribution >= 0.6 is 31.9 Å². The number of unbranched alkanes of at least 4 members (excludes halogenated alkanes) is 8. The van der Waals surface area contributed by atoms with Crippen molar-refractivity contribution in [2.45, 2.75) is 77.0 Å². The van der Waals surface area contributed by atoms with E-state index in [1.165, 1.54) is 38.5 Å². The minimum Gasteiger partial charge on any atom is -0.466 e. The molecule has 0 spiro atoms. The van der Waals surface area contributed by atoms with E-state index >= 15 is 0 Å². The van der Waals surface area contributed by atoms with Crippen LogP contribution in [0.25, 0.3) is 0 Å². The number of ether oxygens (including phenoxy) is 2. The summed E-state index contributed by atoms with van der Waals surface area (Å²) in [6, 6.07) is 0. The summed E-state index contributed by atoms with van der Waals surface area (Å²) >= 11 is 6.81. The number of hydrogen-bond acceptors (Lipinski definition) is 4. The summed E-state index contributed by atoms with van der Waals surface area (Å²) in [7, 11) is 0. The second-order valence-electron chi connectivity index (χ2n) is 5.85. The van der Waals surface area contributed by atoms with Crippen molar-refractivity contribution in [1.82, 2.24) is 0 Å². The van der Waals surface area contributed by atoms with Gasteiger partial charge in [0.2, 0.25) is 0 Å². The van der Waals surface area contributed by atoms with Gasteiger partial charge in [0, 0.05) is 10.7 Å². The van der Waals surface area contributed by atoms with Crippen molar-refractivity contribution in [2.75, 3.05) is 23.9 Å². The van der Waals surface area contributed by atoms with Gasteiger partial charge in [0.05, 0.1) is 26.1 Å². The number of hydrogen-bond donors (Lipinski definition) is 0. The molecule has 0 saturated carbocycles. The van der Waals surface area contributed by atoms with Crippen LogP contribution in [0, 0.1) is 0 Å². The molecule has 0 saturated heterocycles. The lowest BCUT2D eigenvalue weighted by atomic mass is 10.2.